The molecule has 0 amide bonds. The van der Waals surface area contributed by atoms with Crippen molar-refractivity contribution in [1.82, 2.24) is 9.55 Å². The minimum atomic E-state index is -4.50. The molecule has 0 aliphatic heterocycles. The van der Waals surface area contributed by atoms with Crippen LogP contribution in [0.1, 0.15) is 17.0 Å². The van der Waals surface area contributed by atoms with Crippen LogP contribution < -0.4 is 5.73 Å². The molecule has 3 nitrogen and oxygen atoms in total. The number of rotatable bonds is 2. The van der Waals surface area contributed by atoms with E-state index in [0.29, 0.717) is 22.6 Å². The minimum absolute atomic E-state index is 0.0464. The summed E-state index contributed by atoms with van der Waals surface area (Å²) < 4.78 is 40.2. The van der Waals surface area contributed by atoms with Crippen LogP contribution >= 0.6 is 23.2 Å². The van der Waals surface area contributed by atoms with Crippen molar-refractivity contribution in [3.05, 3.63) is 57.3 Å². The first-order valence-electron chi connectivity index (χ1n) is 6.93. The summed E-state index contributed by atoms with van der Waals surface area (Å²) in [5, 5.41) is -0.0929. The van der Waals surface area contributed by atoms with Crippen LogP contribution in [-0.4, -0.2) is 9.55 Å². The fourth-order valence-electron chi connectivity index (χ4n) is 2.60. The highest BCUT2D eigenvalue weighted by Crippen LogP contribution is 2.37. The van der Waals surface area contributed by atoms with E-state index in [4.69, 9.17) is 28.9 Å². The van der Waals surface area contributed by atoms with E-state index in [2.05, 4.69) is 4.98 Å². The lowest BCUT2D eigenvalue weighted by Crippen LogP contribution is -2.07. The van der Waals surface area contributed by atoms with Gasteiger partial charge in [-0.15, -0.1) is 0 Å². The second-order valence-corrected chi connectivity index (χ2v) is 6.21. The summed E-state index contributed by atoms with van der Waals surface area (Å²) in [5.74, 6) is 0.603. The van der Waals surface area contributed by atoms with Crippen molar-refractivity contribution in [2.24, 2.45) is 7.05 Å². The zero-order chi connectivity index (χ0) is 17.6. The molecule has 0 unspecified atom stereocenters. The molecule has 0 aliphatic rings. The van der Waals surface area contributed by atoms with Crippen molar-refractivity contribution in [3.63, 3.8) is 0 Å². The molecule has 1 heterocycles. The maximum atomic E-state index is 12.8. The molecule has 8 heteroatoms. The number of imidazole rings is 1. The third-order valence-electron chi connectivity index (χ3n) is 3.82. The highest BCUT2D eigenvalue weighted by molar-refractivity contribution is 6.36. The first-order valence-corrected chi connectivity index (χ1v) is 7.69. The average Bonchev–Trinajstić information content (AvgIpc) is 2.79. The van der Waals surface area contributed by atoms with Gasteiger partial charge in [-0.1, -0.05) is 29.3 Å². The molecule has 126 valence electrons. The van der Waals surface area contributed by atoms with E-state index in [9.17, 15) is 13.2 Å². The highest BCUT2D eigenvalue weighted by atomic mass is 35.5. The van der Waals surface area contributed by atoms with Crippen LogP contribution in [0.3, 0.4) is 0 Å². The molecular formula is C16H12Cl2F3N3. The number of aryl methyl sites for hydroxylation is 1. The van der Waals surface area contributed by atoms with Gasteiger partial charge in [-0.05, 0) is 29.8 Å². The molecule has 2 aromatic carbocycles. The number of benzene rings is 2. The van der Waals surface area contributed by atoms with Gasteiger partial charge in [0.05, 0.1) is 22.3 Å². The number of anilines is 1. The Morgan fingerprint density at radius 2 is 1.79 bits per heavy atom. The van der Waals surface area contributed by atoms with Gasteiger partial charge in [0.15, 0.2) is 0 Å². The summed E-state index contributed by atoms with van der Waals surface area (Å²) in [6.07, 6.45) is -4.31. The van der Waals surface area contributed by atoms with E-state index in [1.807, 2.05) is 6.07 Å². The number of hydrogen-bond acceptors (Lipinski definition) is 2. The molecule has 2 N–H and O–H groups in total. The molecule has 0 bridgehead atoms. The number of nitrogens with zero attached hydrogens (tertiary/aromatic N) is 2. The largest absolute Gasteiger partial charge is 0.416 e. The zero-order valence-corrected chi connectivity index (χ0v) is 14.0. The first-order chi connectivity index (χ1) is 11.2. The predicted molar refractivity (Wildman–Crippen MR) is 89.4 cm³/mol. The molecule has 0 radical (unpaired) electrons. The Bertz CT molecular complexity index is 909. The Morgan fingerprint density at radius 1 is 1.17 bits per heavy atom. The predicted octanol–water partition coefficient (Wildman–Crippen LogP) is 5.07. The first kappa shape index (κ1) is 16.9. The van der Waals surface area contributed by atoms with E-state index in [0.717, 1.165) is 17.6 Å². The van der Waals surface area contributed by atoms with Gasteiger partial charge in [0.2, 0.25) is 0 Å². The van der Waals surface area contributed by atoms with Gasteiger partial charge in [-0.2, -0.15) is 13.2 Å². The van der Waals surface area contributed by atoms with E-state index in [1.165, 1.54) is 0 Å². The van der Waals surface area contributed by atoms with Crippen LogP contribution in [0.5, 0.6) is 0 Å². The summed E-state index contributed by atoms with van der Waals surface area (Å²) in [5.41, 5.74) is 7.49. The van der Waals surface area contributed by atoms with Crippen LogP contribution in [0.4, 0.5) is 18.9 Å². The minimum Gasteiger partial charge on any atom is -0.397 e. The quantitative estimate of drug-likeness (QED) is 0.637. The number of hydrogen-bond donors (Lipinski definition) is 1. The number of fused-ring (bicyclic) bond motifs is 1. The lowest BCUT2D eigenvalue weighted by Gasteiger charge is -2.12. The topological polar surface area (TPSA) is 43.8 Å². The van der Waals surface area contributed by atoms with Crippen LogP contribution in [0.25, 0.3) is 11.0 Å². The van der Waals surface area contributed by atoms with Crippen molar-refractivity contribution in [1.29, 1.82) is 0 Å². The molecule has 0 atom stereocenters. The molecule has 0 fully saturated rings. The highest BCUT2D eigenvalue weighted by Gasteiger charge is 2.32. The van der Waals surface area contributed by atoms with Gasteiger partial charge >= 0.3 is 6.18 Å². The molecule has 3 rings (SSSR count). The van der Waals surface area contributed by atoms with Crippen molar-refractivity contribution in [3.8, 4) is 0 Å². The number of nitrogen functional groups attached to an aromatic ring is 1. The van der Waals surface area contributed by atoms with Crippen LogP contribution in [0.15, 0.2) is 30.3 Å². The van der Waals surface area contributed by atoms with Gasteiger partial charge < -0.3 is 10.3 Å². The standard InChI is InChI=1S/C16H12Cl2F3N3/c1-24-14(23-13-4-2-3-12(22)15(13)24)7-9-10(17)5-8(6-11(9)18)16(19,20)21/h2-6H,7,22H2,1H3. The third-order valence-corrected chi connectivity index (χ3v) is 4.50. The summed E-state index contributed by atoms with van der Waals surface area (Å²) in [6, 6.07) is 7.10. The van der Waals surface area contributed by atoms with Gasteiger partial charge in [0.1, 0.15) is 5.82 Å². The van der Waals surface area contributed by atoms with Gasteiger partial charge in [-0.3, -0.25) is 0 Å². The second kappa shape index (κ2) is 5.86. The molecule has 0 saturated heterocycles. The molecule has 0 saturated carbocycles. The fraction of sp³-hybridized carbons (Fsp3) is 0.188. The Morgan fingerprint density at radius 3 is 2.33 bits per heavy atom. The van der Waals surface area contributed by atoms with Crippen molar-refractivity contribution >= 4 is 39.9 Å². The molecule has 0 aliphatic carbocycles. The summed E-state index contributed by atoms with van der Waals surface area (Å²) in [6.45, 7) is 0. The zero-order valence-electron chi connectivity index (χ0n) is 12.5. The molecule has 0 spiro atoms. The SMILES string of the molecule is Cn1c(Cc2c(Cl)cc(C(F)(F)F)cc2Cl)nc2cccc(N)c21. The number of aromatic nitrogens is 2. The maximum Gasteiger partial charge on any atom is 0.416 e. The van der Waals surface area contributed by atoms with Crippen molar-refractivity contribution < 1.29 is 13.2 Å². The second-order valence-electron chi connectivity index (χ2n) is 5.40. The molecule has 24 heavy (non-hydrogen) atoms. The average molecular weight is 374 g/mol. The van der Waals surface area contributed by atoms with E-state index in [1.54, 1.807) is 23.7 Å². The van der Waals surface area contributed by atoms with Crippen LogP contribution in [-0.2, 0) is 19.6 Å². The van der Waals surface area contributed by atoms with Crippen molar-refractivity contribution in [2.75, 3.05) is 5.73 Å². The van der Waals surface area contributed by atoms with Gasteiger partial charge in [0, 0.05) is 23.5 Å². The van der Waals surface area contributed by atoms with Crippen LogP contribution in [0.2, 0.25) is 10.0 Å². The van der Waals surface area contributed by atoms with Crippen molar-refractivity contribution in [2.45, 2.75) is 12.6 Å². The lowest BCUT2D eigenvalue weighted by molar-refractivity contribution is -0.137. The Labute approximate surface area is 145 Å². The fourth-order valence-corrected chi connectivity index (χ4v) is 3.22. The number of halogens is 5. The van der Waals surface area contributed by atoms with Crippen LogP contribution in [0, 0.1) is 0 Å². The normalized spacial score (nSPS) is 12.1. The number of nitrogens with two attached hydrogens (primary N) is 1. The van der Waals surface area contributed by atoms with Gasteiger partial charge in [0.25, 0.3) is 0 Å². The Kier molecular flexibility index (Phi) is 4.13. The molecule has 1 aromatic heterocycles. The maximum absolute atomic E-state index is 12.8. The Hall–Kier alpha value is -1.92. The van der Waals surface area contributed by atoms with E-state index < -0.39 is 11.7 Å². The third kappa shape index (κ3) is 2.91. The lowest BCUT2D eigenvalue weighted by atomic mass is 10.1. The number of para-hydroxylation sites is 1. The van der Waals surface area contributed by atoms with Gasteiger partial charge in [-0.25, -0.2) is 4.98 Å². The van der Waals surface area contributed by atoms with E-state index >= 15 is 0 Å². The van der Waals surface area contributed by atoms with E-state index in [-0.39, 0.29) is 16.5 Å². The summed E-state index contributed by atoms with van der Waals surface area (Å²) in [4.78, 5) is 4.47. The number of alkyl halides is 3. The monoisotopic (exact) mass is 373 g/mol. The Balaban J connectivity index is 2.06. The summed E-state index contributed by atoms with van der Waals surface area (Å²) in [7, 11) is 1.78. The smallest absolute Gasteiger partial charge is 0.397 e. The summed E-state index contributed by atoms with van der Waals surface area (Å²) >= 11 is 12.1. The molecule has 3 aromatic rings. The molecular weight excluding hydrogens is 362 g/mol.